The first-order chi connectivity index (χ1) is 14.0. The Bertz CT molecular complexity index is 1300. The fourth-order valence-corrected chi connectivity index (χ4v) is 5.47. The van der Waals surface area contributed by atoms with Gasteiger partial charge in [-0.05, 0) is 35.9 Å². The highest BCUT2D eigenvalue weighted by Gasteiger charge is 2.36. The molecular weight excluding hydrogens is 411 g/mol. The minimum Gasteiger partial charge on any atom is -0.507 e. The van der Waals surface area contributed by atoms with Crippen LogP contribution in [0.4, 0.5) is 0 Å². The lowest BCUT2D eigenvalue weighted by Gasteiger charge is -2.30. The molecule has 1 aliphatic heterocycles. The van der Waals surface area contributed by atoms with Crippen LogP contribution in [0.25, 0.3) is 21.8 Å². The highest BCUT2D eigenvalue weighted by atomic mass is 35.5. The van der Waals surface area contributed by atoms with E-state index in [9.17, 15) is 9.67 Å². The molecule has 5 rings (SSSR count). The third-order valence-corrected chi connectivity index (χ3v) is 7.13. The fourth-order valence-electron chi connectivity index (χ4n) is 3.53. The Morgan fingerprint density at radius 3 is 2.86 bits per heavy atom. The van der Waals surface area contributed by atoms with E-state index in [1.54, 1.807) is 24.3 Å². The van der Waals surface area contributed by atoms with Crippen LogP contribution in [-0.4, -0.2) is 21.7 Å². The van der Waals surface area contributed by atoms with Gasteiger partial charge in [0.15, 0.2) is 0 Å². The van der Waals surface area contributed by atoms with Gasteiger partial charge < -0.3 is 9.63 Å². The van der Waals surface area contributed by atoms with Crippen molar-refractivity contribution in [2.75, 3.05) is 6.61 Å². The van der Waals surface area contributed by atoms with Gasteiger partial charge in [0.05, 0.1) is 23.5 Å². The summed E-state index contributed by atoms with van der Waals surface area (Å²) < 4.78 is 25.0. The quantitative estimate of drug-likeness (QED) is 0.353. The second-order valence-corrected chi connectivity index (χ2v) is 9.24. The average Bonchev–Trinajstić information content (AvgIpc) is 2.73. The molecular formula is C21H16ClN2O4P. The van der Waals surface area contributed by atoms with Crippen molar-refractivity contribution in [1.82, 2.24) is 9.97 Å². The molecule has 8 heteroatoms. The van der Waals surface area contributed by atoms with Crippen LogP contribution >= 0.6 is 19.2 Å². The first kappa shape index (κ1) is 18.5. The first-order valence-electron chi connectivity index (χ1n) is 9.09. The Morgan fingerprint density at radius 1 is 1.10 bits per heavy atom. The lowest BCUT2D eigenvalue weighted by molar-refractivity contribution is 0.0875. The van der Waals surface area contributed by atoms with Gasteiger partial charge in [0, 0.05) is 34.6 Å². The van der Waals surface area contributed by atoms with Crippen LogP contribution in [-0.2, 0) is 13.6 Å². The lowest BCUT2D eigenvalue weighted by atomic mass is 10.1. The van der Waals surface area contributed by atoms with E-state index in [0.717, 1.165) is 10.9 Å². The summed E-state index contributed by atoms with van der Waals surface area (Å²) in [5.74, 6) is 0.138. The summed E-state index contributed by atoms with van der Waals surface area (Å²) in [5.41, 5.74) is 2.05. The molecule has 0 unspecified atom stereocenters. The van der Waals surface area contributed by atoms with Crippen molar-refractivity contribution in [2.45, 2.75) is 12.5 Å². The maximum atomic E-state index is 13.5. The molecule has 146 valence electrons. The number of pyridine rings is 2. The lowest BCUT2D eigenvalue weighted by Crippen LogP contribution is -2.20. The number of rotatable bonds is 2. The zero-order chi connectivity index (χ0) is 20.0. The first-order valence-corrected chi connectivity index (χ1v) is 11.0. The molecule has 1 N–H and O–H groups in total. The maximum Gasteiger partial charge on any atom is 0.363 e. The predicted molar refractivity (Wildman–Crippen MR) is 112 cm³/mol. The standard InChI is InChI=1S/C21H16ClN2O4P/c22-15-3-1-2-13(10-15)19-7-9-27-29(26,28-19)16-11-14-4-5-17-18(25)6-8-23-21(17)20(14)24-12-16/h1-6,8,10-12,19H,7,9H2,(H,23,25)/t19-,29+/m1/s1. The van der Waals surface area contributed by atoms with Crippen molar-refractivity contribution in [3.8, 4) is 5.75 Å². The Kier molecular flexibility index (Phi) is 4.52. The van der Waals surface area contributed by atoms with Crippen LogP contribution in [0.5, 0.6) is 5.75 Å². The van der Waals surface area contributed by atoms with Gasteiger partial charge in [0.1, 0.15) is 11.3 Å². The van der Waals surface area contributed by atoms with Crippen LogP contribution in [0.1, 0.15) is 18.1 Å². The third-order valence-electron chi connectivity index (χ3n) is 4.97. The van der Waals surface area contributed by atoms with Crippen molar-refractivity contribution < 1.29 is 18.7 Å². The van der Waals surface area contributed by atoms with Crippen LogP contribution in [0.3, 0.4) is 0 Å². The molecule has 29 heavy (non-hydrogen) atoms. The van der Waals surface area contributed by atoms with Gasteiger partial charge in [-0.3, -0.25) is 19.1 Å². The zero-order valence-electron chi connectivity index (χ0n) is 15.2. The fraction of sp³-hybridized carbons (Fsp3) is 0.143. The summed E-state index contributed by atoms with van der Waals surface area (Å²) in [7, 11) is -3.55. The number of aromatic hydroxyl groups is 1. The van der Waals surface area contributed by atoms with E-state index in [1.165, 1.54) is 18.5 Å². The molecule has 0 amide bonds. The zero-order valence-corrected chi connectivity index (χ0v) is 16.8. The molecule has 0 radical (unpaired) electrons. The molecule has 6 nitrogen and oxygen atoms in total. The van der Waals surface area contributed by atoms with Crippen molar-refractivity contribution in [3.05, 3.63) is 71.5 Å². The second-order valence-electron chi connectivity index (χ2n) is 6.83. The number of fused-ring (bicyclic) bond motifs is 3. The predicted octanol–water partition coefficient (Wildman–Crippen LogP) is 5.14. The van der Waals surface area contributed by atoms with Gasteiger partial charge in [-0.1, -0.05) is 29.8 Å². The van der Waals surface area contributed by atoms with E-state index in [-0.39, 0.29) is 11.9 Å². The summed E-state index contributed by atoms with van der Waals surface area (Å²) in [6.45, 7) is 0.305. The normalized spacial score (nSPS) is 22.2. The van der Waals surface area contributed by atoms with E-state index in [2.05, 4.69) is 9.97 Å². The Labute approximate surface area is 171 Å². The highest BCUT2D eigenvalue weighted by molar-refractivity contribution is 7.62. The molecule has 2 aromatic heterocycles. The number of hydrogen-bond acceptors (Lipinski definition) is 6. The van der Waals surface area contributed by atoms with Gasteiger partial charge in [0.2, 0.25) is 0 Å². The van der Waals surface area contributed by atoms with Crippen LogP contribution in [0, 0.1) is 0 Å². The molecule has 0 spiro atoms. The second kappa shape index (κ2) is 7.08. The van der Waals surface area contributed by atoms with E-state index >= 15 is 0 Å². The number of halogens is 1. The molecule has 4 aromatic rings. The molecule has 1 aliphatic rings. The molecule has 1 fully saturated rings. The topological polar surface area (TPSA) is 81.5 Å². The monoisotopic (exact) mass is 426 g/mol. The van der Waals surface area contributed by atoms with E-state index in [0.29, 0.717) is 39.8 Å². The highest BCUT2D eigenvalue weighted by Crippen LogP contribution is 2.55. The van der Waals surface area contributed by atoms with Crippen molar-refractivity contribution in [1.29, 1.82) is 0 Å². The minimum absolute atomic E-state index is 0.138. The number of nitrogens with zero attached hydrogens (tertiary/aromatic N) is 2. The molecule has 0 saturated carbocycles. The van der Waals surface area contributed by atoms with Gasteiger partial charge >= 0.3 is 7.60 Å². The molecule has 1 saturated heterocycles. The minimum atomic E-state index is -3.55. The molecule has 2 atom stereocenters. The smallest absolute Gasteiger partial charge is 0.363 e. The van der Waals surface area contributed by atoms with Gasteiger partial charge in [-0.15, -0.1) is 0 Å². The Balaban J connectivity index is 1.55. The van der Waals surface area contributed by atoms with Gasteiger partial charge in [-0.2, -0.15) is 0 Å². The van der Waals surface area contributed by atoms with Gasteiger partial charge in [0.25, 0.3) is 0 Å². The SMILES string of the molecule is O=[P@@]1(c2cnc3c(ccc4c(O)ccnc43)c2)OCC[C@H](c2cccc(Cl)c2)O1. The third kappa shape index (κ3) is 3.28. The molecule has 2 aromatic carbocycles. The molecule has 0 aliphatic carbocycles. The van der Waals surface area contributed by atoms with E-state index < -0.39 is 7.60 Å². The summed E-state index contributed by atoms with van der Waals surface area (Å²) in [6, 6.07) is 14.2. The van der Waals surface area contributed by atoms with E-state index in [1.807, 2.05) is 18.2 Å². The van der Waals surface area contributed by atoms with Crippen LogP contribution < -0.4 is 5.30 Å². The van der Waals surface area contributed by atoms with Crippen LogP contribution in [0.2, 0.25) is 5.02 Å². The average molecular weight is 427 g/mol. The number of aromatic nitrogens is 2. The summed E-state index contributed by atoms with van der Waals surface area (Å²) in [6.07, 6.45) is 3.23. The molecule has 0 bridgehead atoms. The van der Waals surface area contributed by atoms with Crippen molar-refractivity contribution >= 4 is 46.3 Å². The largest absolute Gasteiger partial charge is 0.507 e. The van der Waals surface area contributed by atoms with Crippen molar-refractivity contribution in [2.24, 2.45) is 0 Å². The molecule has 3 heterocycles. The summed E-state index contributed by atoms with van der Waals surface area (Å²) in [4.78, 5) is 8.78. The Hall–Kier alpha value is -2.50. The summed E-state index contributed by atoms with van der Waals surface area (Å²) in [5, 5.41) is 12.4. The number of benzene rings is 2. The van der Waals surface area contributed by atoms with Gasteiger partial charge in [-0.25, -0.2) is 0 Å². The maximum absolute atomic E-state index is 13.5. The Morgan fingerprint density at radius 2 is 2.00 bits per heavy atom. The van der Waals surface area contributed by atoms with E-state index in [4.69, 9.17) is 20.6 Å². The van der Waals surface area contributed by atoms with Crippen LogP contribution in [0.15, 0.2) is 60.9 Å². The van der Waals surface area contributed by atoms with Crippen molar-refractivity contribution in [3.63, 3.8) is 0 Å². The number of hydrogen-bond donors (Lipinski definition) is 1. The summed E-state index contributed by atoms with van der Waals surface area (Å²) >= 11 is 6.09.